The minimum absolute atomic E-state index is 0.148. The summed E-state index contributed by atoms with van der Waals surface area (Å²) in [5, 5.41) is 8.84. The van der Waals surface area contributed by atoms with Crippen molar-refractivity contribution in [1.29, 1.82) is 0 Å². The van der Waals surface area contributed by atoms with Crippen LogP contribution in [0.2, 0.25) is 0 Å². The fraction of sp³-hybridized carbons (Fsp3) is 0.636. The van der Waals surface area contributed by atoms with E-state index in [4.69, 9.17) is 14.6 Å². The van der Waals surface area contributed by atoms with Gasteiger partial charge in [0, 0.05) is 0 Å². The van der Waals surface area contributed by atoms with Crippen LogP contribution in [0.4, 0.5) is 0 Å². The lowest BCUT2D eigenvalue weighted by Crippen LogP contribution is -2.21. The zero-order valence-corrected chi connectivity index (χ0v) is 9.32. The first-order valence-electron chi connectivity index (χ1n) is 5.43. The maximum atomic E-state index is 11.6. The second-order valence-electron chi connectivity index (χ2n) is 3.55. The molecule has 0 aliphatic carbocycles. The zero-order valence-electron chi connectivity index (χ0n) is 9.32. The molecule has 0 saturated heterocycles. The molecule has 0 aromatic heterocycles. The topological polar surface area (TPSA) is 72.8 Å². The summed E-state index contributed by atoms with van der Waals surface area (Å²) in [7, 11) is 0. The number of carbonyl (C=O) groups excluding carboxylic acids is 1. The SMILES string of the molecule is CCCCOC(=O)C1=C(C(=O)O)OCCC1. The highest BCUT2D eigenvalue weighted by molar-refractivity contribution is 5.98. The molecule has 16 heavy (non-hydrogen) atoms. The largest absolute Gasteiger partial charge is 0.486 e. The molecule has 0 atom stereocenters. The predicted octanol–water partition coefficient (Wildman–Crippen LogP) is 1.48. The van der Waals surface area contributed by atoms with Crippen LogP contribution in [0.15, 0.2) is 11.3 Å². The van der Waals surface area contributed by atoms with E-state index in [0.29, 0.717) is 26.1 Å². The van der Waals surface area contributed by atoms with Crippen LogP contribution in [0.3, 0.4) is 0 Å². The van der Waals surface area contributed by atoms with Gasteiger partial charge in [-0.2, -0.15) is 0 Å². The van der Waals surface area contributed by atoms with Crippen molar-refractivity contribution in [2.24, 2.45) is 0 Å². The number of hydrogen-bond acceptors (Lipinski definition) is 4. The van der Waals surface area contributed by atoms with Crippen molar-refractivity contribution < 1.29 is 24.2 Å². The monoisotopic (exact) mass is 228 g/mol. The van der Waals surface area contributed by atoms with E-state index in [9.17, 15) is 9.59 Å². The lowest BCUT2D eigenvalue weighted by molar-refractivity contribution is -0.143. The first kappa shape index (κ1) is 12.5. The quantitative estimate of drug-likeness (QED) is 0.570. The van der Waals surface area contributed by atoms with Crippen molar-refractivity contribution >= 4 is 11.9 Å². The molecular formula is C11H16O5. The Hall–Kier alpha value is -1.52. The van der Waals surface area contributed by atoms with Gasteiger partial charge in [-0.05, 0) is 19.3 Å². The van der Waals surface area contributed by atoms with Gasteiger partial charge in [-0.3, -0.25) is 0 Å². The van der Waals surface area contributed by atoms with Crippen LogP contribution in [0.5, 0.6) is 0 Å². The molecule has 0 fully saturated rings. The average Bonchev–Trinajstić information content (AvgIpc) is 2.29. The summed E-state index contributed by atoms with van der Waals surface area (Å²) in [6, 6.07) is 0. The van der Waals surface area contributed by atoms with Crippen LogP contribution in [0.25, 0.3) is 0 Å². The Morgan fingerprint density at radius 3 is 2.88 bits per heavy atom. The standard InChI is InChI=1S/C11H16O5/c1-2-3-6-16-11(14)8-5-4-7-15-9(8)10(12)13/h2-7H2,1H3,(H,12,13). The molecule has 0 aromatic carbocycles. The van der Waals surface area contributed by atoms with Gasteiger partial charge in [0.1, 0.15) is 0 Å². The van der Waals surface area contributed by atoms with Crippen molar-refractivity contribution in [1.82, 2.24) is 0 Å². The minimum atomic E-state index is -1.21. The smallest absolute Gasteiger partial charge is 0.371 e. The molecular weight excluding hydrogens is 212 g/mol. The number of aliphatic carboxylic acids is 1. The molecule has 0 spiro atoms. The molecule has 90 valence electrons. The van der Waals surface area contributed by atoms with E-state index in [1.54, 1.807) is 0 Å². The Morgan fingerprint density at radius 2 is 2.25 bits per heavy atom. The Balaban J connectivity index is 2.66. The molecule has 1 N–H and O–H groups in total. The van der Waals surface area contributed by atoms with E-state index in [2.05, 4.69) is 0 Å². The number of carboxylic acids is 1. The molecule has 0 radical (unpaired) electrons. The second kappa shape index (κ2) is 6.15. The third-order valence-electron chi connectivity index (χ3n) is 2.26. The average molecular weight is 228 g/mol. The molecule has 0 bridgehead atoms. The number of hydrogen-bond donors (Lipinski definition) is 1. The van der Waals surface area contributed by atoms with Crippen LogP contribution in [0, 0.1) is 0 Å². The van der Waals surface area contributed by atoms with Crippen LogP contribution in [-0.4, -0.2) is 30.3 Å². The molecule has 0 saturated carbocycles. The summed E-state index contributed by atoms with van der Waals surface area (Å²) in [6.45, 7) is 2.65. The third kappa shape index (κ3) is 3.25. The maximum absolute atomic E-state index is 11.6. The minimum Gasteiger partial charge on any atom is -0.486 e. The van der Waals surface area contributed by atoms with E-state index >= 15 is 0 Å². The van der Waals surface area contributed by atoms with E-state index in [1.807, 2.05) is 6.92 Å². The molecule has 5 heteroatoms. The zero-order chi connectivity index (χ0) is 12.0. The van der Waals surface area contributed by atoms with Gasteiger partial charge in [-0.1, -0.05) is 13.3 Å². The molecule has 1 aliphatic rings. The van der Waals surface area contributed by atoms with E-state index < -0.39 is 11.9 Å². The highest BCUT2D eigenvalue weighted by atomic mass is 16.5. The Labute approximate surface area is 94.0 Å². The second-order valence-corrected chi connectivity index (χ2v) is 3.55. The Morgan fingerprint density at radius 1 is 1.50 bits per heavy atom. The summed E-state index contributed by atoms with van der Waals surface area (Å²) < 4.78 is 9.92. The predicted molar refractivity (Wildman–Crippen MR) is 55.7 cm³/mol. The number of ether oxygens (including phenoxy) is 2. The summed E-state index contributed by atoms with van der Waals surface area (Å²) in [5.41, 5.74) is 0.148. The van der Waals surface area contributed by atoms with Crippen molar-refractivity contribution in [2.45, 2.75) is 32.6 Å². The van der Waals surface area contributed by atoms with Gasteiger partial charge < -0.3 is 14.6 Å². The Kier molecular flexibility index (Phi) is 4.82. The number of carbonyl (C=O) groups is 2. The van der Waals surface area contributed by atoms with Crippen molar-refractivity contribution in [3.05, 3.63) is 11.3 Å². The highest BCUT2D eigenvalue weighted by Gasteiger charge is 2.26. The van der Waals surface area contributed by atoms with E-state index in [-0.39, 0.29) is 11.3 Å². The first-order valence-corrected chi connectivity index (χ1v) is 5.43. The maximum Gasteiger partial charge on any atom is 0.371 e. The van der Waals surface area contributed by atoms with Gasteiger partial charge >= 0.3 is 11.9 Å². The number of esters is 1. The molecule has 0 unspecified atom stereocenters. The van der Waals surface area contributed by atoms with Gasteiger partial charge in [0.15, 0.2) is 0 Å². The summed E-state index contributed by atoms with van der Waals surface area (Å²) >= 11 is 0. The van der Waals surface area contributed by atoms with Gasteiger partial charge in [0.25, 0.3) is 0 Å². The Bertz CT molecular complexity index is 305. The highest BCUT2D eigenvalue weighted by Crippen LogP contribution is 2.20. The lowest BCUT2D eigenvalue weighted by atomic mass is 10.1. The molecule has 5 nitrogen and oxygen atoms in total. The van der Waals surface area contributed by atoms with Gasteiger partial charge in [0.05, 0.1) is 18.8 Å². The van der Waals surface area contributed by atoms with E-state index in [1.165, 1.54) is 0 Å². The summed E-state index contributed by atoms with van der Waals surface area (Å²) in [4.78, 5) is 22.4. The lowest BCUT2D eigenvalue weighted by Gasteiger charge is -2.17. The van der Waals surface area contributed by atoms with Crippen LogP contribution < -0.4 is 0 Å². The summed E-state index contributed by atoms with van der Waals surface area (Å²) in [6.07, 6.45) is 2.76. The fourth-order valence-electron chi connectivity index (χ4n) is 1.41. The van der Waals surface area contributed by atoms with Crippen molar-refractivity contribution in [3.63, 3.8) is 0 Å². The van der Waals surface area contributed by atoms with E-state index in [0.717, 1.165) is 12.8 Å². The molecule has 1 heterocycles. The summed E-state index contributed by atoms with van der Waals surface area (Å²) in [5.74, 6) is -2.03. The van der Waals surface area contributed by atoms with Gasteiger partial charge in [0.2, 0.25) is 5.76 Å². The number of unbranched alkanes of at least 4 members (excludes halogenated alkanes) is 1. The molecule has 0 amide bonds. The van der Waals surface area contributed by atoms with Crippen LogP contribution in [0.1, 0.15) is 32.6 Å². The first-order chi connectivity index (χ1) is 7.66. The number of rotatable bonds is 5. The molecule has 1 aliphatic heterocycles. The number of carboxylic acid groups (broad SMARTS) is 1. The molecule has 0 aromatic rings. The fourth-order valence-corrected chi connectivity index (χ4v) is 1.41. The van der Waals surface area contributed by atoms with Gasteiger partial charge in [-0.15, -0.1) is 0 Å². The van der Waals surface area contributed by atoms with Crippen molar-refractivity contribution in [3.8, 4) is 0 Å². The van der Waals surface area contributed by atoms with Crippen molar-refractivity contribution in [2.75, 3.05) is 13.2 Å². The normalized spacial score (nSPS) is 15.6. The third-order valence-corrected chi connectivity index (χ3v) is 2.26. The van der Waals surface area contributed by atoms with Crippen LogP contribution >= 0.6 is 0 Å². The molecule has 1 rings (SSSR count). The van der Waals surface area contributed by atoms with Gasteiger partial charge in [-0.25, -0.2) is 9.59 Å². The van der Waals surface area contributed by atoms with Crippen LogP contribution in [-0.2, 0) is 19.1 Å².